The lowest BCUT2D eigenvalue weighted by Gasteiger charge is -2.31. The highest BCUT2D eigenvalue weighted by Crippen LogP contribution is 2.25. The van der Waals surface area contributed by atoms with E-state index in [0.29, 0.717) is 35.7 Å². The molecule has 0 aromatic heterocycles. The highest BCUT2D eigenvalue weighted by atomic mass is 35.5. The van der Waals surface area contributed by atoms with Crippen molar-refractivity contribution in [2.45, 2.75) is 17.7 Å². The number of rotatable bonds is 5. The predicted molar refractivity (Wildman–Crippen MR) is 116 cm³/mol. The molecule has 2 aromatic rings. The monoisotopic (exact) mass is 449 g/mol. The first-order valence-electron chi connectivity index (χ1n) is 9.57. The number of nitrogens with one attached hydrogen (secondary N) is 1. The van der Waals surface area contributed by atoms with Crippen molar-refractivity contribution in [2.24, 2.45) is 5.92 Å². The van der Waals surface area contributed by atoms with Crippen LogP contribution in [0, 0.1) is 5.92 Å². The van der Waals surface area contributed by atoms with Gasteiger partial charge in [-0.25, -0.2) is 8.42 Å². The van der Waals surface area contributed by atoms with E-state index in [9.17, 15) is 18.0 Å². The van der Waals surface area contributed by atoms with Gasteiger partial charge in [0.1, 0.15) is 0 Å². The molecule has 0 aliphatic carbocycles. The lowest BCUT2D eigenvalue weighted by Crippen LogP contribution is -2.43. The summed E-state index contributed by atoms with van der Waals surface area (Å²) in [7, 11) is -0.346. The molecular weight excluding hydrogens is 426 g/mol. The molecule has 1 aliphatic rings. The Morgan fingerprint density at radius 2 is 1.70 bits per heavy atom. The molecule has 30 heavy (non-hydrogen) atoms. The Morgan fingerprint density at radius 3 is 2.30 bits per heavy atom. The normalized spacial score (nSPS) is 17.4. The minimum atomic E-state index is -3.69. The van der Waals surface area contributed by atoms with Crippen LogP contribution in [0.4, 0.5) is 5.69 Å². The second kappa shape index (κ2) is 9.16. The number of anilines is 1. The standard InChI is InChI=1S/C21H24ClN3O4S/c1-24(2)21(27)15-5-9-18(10-6-15)23-20(26)16-4-3-13-25(14-16)30(28,29)19-11-7-17(22)8-12-19/h5-12,16H,3-4,13-14H2,1-2H3,(H,23,26). The largest absolute Gasteiger partial charge is 0.345 e. The molecule has 160 valence electrons. The summed E-state index contributed by atoms with van der Waals surface area (Å²) >= 11 is 5.85. The number of carbonyl (C=O) groups is 2. The van der Waals surface area contributed by atoms with Crippen LogP contribution < -0.4 is 5.32 Å². The third-order valence-electron chi connectivity index (χ3n) is 5.01. The van der Waals surface area contributed by atoms with Crippen molar-refractivity contribution in [1.29, 1.82) is 0 Å². The quantitative estimate of drug-likeness (QED) is 0.759. The van der Waals surface area contributed by atoms with E-state index in [4.69, 9.17) is 11.6 Å². The third-order valence-corrected chi connectivity index (χ3v) is 7.14. The SMILES string of the molecule is CN(C)C(=O)c1ccc(NC(=O)C2CCCN(S(=O)(=O)c3ccc(Cl)cc3)C2)cc1. The molecule has 7 nitrogen and oxygen atoms in total. The van der Waals surface area contributed by atoms with Crippen LogP contribution in [-0.2, 0) is 14.8 Å². The number of hydrogen-bond donors (Lipinski definition) is 1. The Balaban J connectivity index is 1.67. The van der Waals surface area contributed by atoms with E-state index in [0.717, 1.165) is 0 Å². The minimum Gasteiger partial charge on any atom is -0.345 e. The van der Waals surface area contributed by atoms with Crippen molar-refractivity contribution in [1.82, 2.24) is 9.21 Å². The van der Waals surface area contributed by atoms with E-state index in [-0.39, 0.29) is 23.3 Å². The molecule has 2 amide bonds. The molecule has 9 heteroatoms. The topological polar surface area (TPSA) is 86.8 Å². The van der Waals surface area contributed by atoms with Crippen LogP contribution >= 0.6 is 11.6 Å². The van der Waals surface area contributed by atoms with Gasteiger partial charge in [0.05, 0.1) is 10.8 Å². The number of benzene rings is 2. The summed E-state index contributed by atoms with van der Waals surface area (Å²) in [5, 5.41) is 3.28. The average Bonchev–Trinajstić information content (AvgIpc) is 2.74. The first kappa shape index (κ1) is 22.3. The number of hydrogen-bond acceptors (Lipinski definition) is 4. The van der Waals surface area contributed by atoms with Gasteiger partial charge in [0.15, 0.2) is 0 Å². The third kappa shape index (κ3) is 5.00. The first-order valence-corrected chi connectivity index (χ1v) is 11.4. The first-order chi connectivity index (χ1) is 14.2. The minimum absolute atomic E-state index is 0.119. The molecule has 2 aromatic carbocycles. The Hall–Kier alpha value is -2.42. The molecule has 0 radical (unpaired) electrons. The predicted octanol–water partition coefficient (Wildman–Crippen LogP) is 3.08. The second-order valence-electron chi connectivity index (χ2n) is 7.42. The van der Waals surface area contributed by atoms with E-state index in [1.165, 1.54) is 33.5 Å². The number of piperidine rings is 1. The molecule has 1 unspecified atom stereocenters. The number of nitrogens with zero attached hydrogens (tertiary/aromatic N) is 2. The molecule has 1 fully saturated rings. The second-order valence-corrected chi connectivity index (χ2v) is 9.80. The maximum absolute atomic E-state index is 12.9. The van der Waals surface area contributed by atoms with E-state index in [1.807, 2.05) is 0 Å². The van der Waals surface area contributed by atoms with Gasteiger partial charge in [0.25, 0.3) is 5.91 Å². The zero-order valence-corrected chi connectivity index (χ0v) is 18.4. The van der Waals surface area contributed by atoms with Crippen LogP contribution in [0.1, 0.15) is 23.2 Å². The molecule has 3 rings (SSSR count). The Bertz CT molecular complexity index is 1020. The van der Waals surface area contributed by atoms with Crippen LogP contribution in [0.2, 0.25) is 5.02 Å². The fourth-order valence-electron chi connectivity index (χ4n) is 3.33. The van der Waals surface area contributed by atoms with Gasteiger partial charge >= 0.3 is 0 Å². The van der Waals surface area contributed by atoms with Gasteiger partial charge in [-0.05, 0) is 61.4 Å². The summed E-state index contributed by atoms with van der Waals surface area (Å²) in [5.41, 5.74) is 1.09. The van der Waals surface area contributed by atoms with Gasteiger partial charge in [-0.1, -0.05) is 11.6 Å². The lowest BCUT2D eigenvalue weighted by atomic mass is 9.98. The van der Waals surface area contributed by atoms with Crippen LogP contribution in [0.5, 0.6) is 0 Å². The van der Waals surface area contributed by atoms with E-state index >= 15 is 0 Å². The fourth-order valence-corrected chi connectivity index (χ4v) is 4.98. The van der Waals surface area contributed by atoms with Crippen molar-refractivity contribution in [2.75, 3.05) is 32.5 Å². The van der Waals surface area contributed by atoms with E-state index in [1.54, 1.807) is 38.4 Å². The maximum Gasteiger partial charge on any atom is 0.253 e. The summed E-state index contributed by atoms with van der Waals surface area (Å²) in [4.78, 5) is 26.3. The van der Waals surface area contributed by atoms with Crippen LogP contribution in [0.15, 0.2) is 53.4 Å². The zero-order valence-electron chi connectivity index (χ0n) is 16.8. The van der Waals surface area contributed by atoms with Crippen molar-refractivity contribution >= 4 is 39.1 Å². The van der Waals surface area contributed by atoms with Crippen molar-refractivity contribution < 1.29 is 18.0 Å². The smallest absolute Gasteiger partial charge is 0.253 e. The zero-order chi connectivity index (χ0) is 21.9. The summed E-state index contributed by atoms with van der Waals surface area (Å²) < 4.78 is 27.1. The molecule has 1 saturated heterocycles. The van der Waals surface area contributed by atoms with Gasteiger partial charge in [0.2, 0.25) is 15.9 Å². The highest BCUT2D eigenvalue weighted by Gasteiger charge is 2.33. The van der Waals surface area contributed by atoms with Gasteiger partial charge in [-0.15, -0.1) is 0 Å². The number of halogens is 1. The van der Waals surface area contributed by atoms with Crippen molar-refractivity contribution in [3.05, 3.63) is 59.1 Å². The van der Waals surface area contributed by atoms with Crippen molar-refractivity contribution in [3.63, 3.8) is 0 Å². The number of sulfonamides is 1. The van der Waals surface area contributed by atoms with Crippen LogP contribution in [0.25, 0.3) is 0 Å². The molecule has 1 atom stereocenters. The number of carbonyl (C=O) groups excluding carboxylic acids is 2. The Morgan fingerprint density at radius 1 is 1.07 bits per heavy atom. The summed E-state index contributed by atoms with van der Waals surface area (Å²) in [5.74, 6) is -0.815. The lowest BCUT2D eigenvalue weighted by molar-refractivity contribution is -0.120. The molecule has 0 spiro atoms. The van der Waals surface area contributed by atoms with E-state index < -0.39 is 15.9 Å². The molecule has 1 aliphatic heterocycles. The van der Waals surface area contributed by atoms with Gasteiger partial charge in [-0.2, -0.15) is 4.31 Å². The Kier molecular flexibility index (Phi) is 6.80. The van der Waals surface area contributed by atoms with Gasteiger partial charge < -0.3 is 10.2 Å². The average molecular weight is 450 g/mol. The summed E-state index contributed by atoms with van der Waals surface area (Å²) in [6.45, 7) is 0.490. The molecule has 1 N–H and O–H groups in total. The summed E-state index contributed by atoms with van der Waals surface area (Å²) in [6.07, 6.45) is 1.21. The molecule has 1 heterocycles. The van der Waals surface area contributed by atoms with Gasteiger partial charge in [-0.3, -0.25) is 9.59 Å². The maximum atomic E-state index is 12.9. The summed E-state index contributed by atoms with van der Waals surface area (Å²) in [6, 6.07) is 12.6. The van der Waals surface area contributed by atoms with E-state index in [2.05, 4.69) is 5.32 Å². The van der Waals surface area contributed by atoms with Crippen molar-refractivity contribution in [3.8, 4) is 0 Å². The van der Waals surface area contributed by atoms with Gasteiger partial charge in [0, 0.05) is 43.5 Å². The molecule has 0 bridgehead atoms. The van der Waals surface area contributed by atoms with Crippen LogP contribution in [0.3, 0.4) is 0 Å². The molecular formula is C21H24ClN3O4S. The highest BCUT2D eigenvalue weighted by molar-refractivity contribution is 7.89. The molecule has 0 saturated carbocycles. The fraction of sp³-hybridized carbons (Fsp3) is 0.333. The number of amides is 2. The Labute approximate surface area is 181 Å². The van der Waals surface area contributed by atoms with Crippen LogP contribution in [-0.4, -0.2) is 56.6 Å².